The van der Waals surface area contributed by atoms with Crippen molar-refractivity contribution in [3.05, 3.63) is 33.7 Å². The molecule has 0 spiro atoms. The van der Waals surface area contributed by atoms with E-state index in [-0.39, 0.29) is 7.43 Å². The zero-order valence-electron chi connectivity index (χ0n) is 13.0. The summed E-state index contributed by atoms with van der Waals surface area (Å²) in [7, 11) is 0. The molecule has 3 heteroatoms. The largest absolute Gasteiger partial charge is 0.103 e. The summed E-state index contributed by atoms with van der Waals surface area (Å²) in [6.45, 7) is 3.78. The van der Waals surface area contributed by atoms with Gasteiger partial charge in [-0.25, -0.2) is 0 Å². The first-order valence-electron chi connectivity index (χ1n) is 8.03. The van der Waals surface area contributed by atoms with Crippen LogP contribution in [0.1, 0.15) is 71.6 Å². The summed E-state index contributed by atoms with van der Waals surface area (Å²) in [5.41, 5.74) is 0. The van der Waals surface area contributed by atoms with Crippen molar-refractivity contribution in [2.45, 2.75) is 71.6 Å². The quantitative estimate of drug-likeness (QED) is 0.331. The molecule has 0 amide bonds. The van der Waals surface area contributed by atoms with Crippen LogP contribution in [0.3, 0.4) is 0 Å². The molecule has 22 heavy (non-hydrogen) atoms. The number of hydrogen-bond acceptors (Lipinski definition) is 0. The molecule has 0 N–H and O–H groups in total. The predicted molar refractivity (Wildman–Crippen MR) is 115 cm³/mol. The molecule has 0 saturated heterocycles. The molecule has 2 aliphatic carbocycles. The van der Waals surface area contributed by atoms with Gasteiger partial charge in [-0.05, 0) is 52.5 Å². The highest BCUT2D eigenvalue weighted by molar-refractivity contribution is 9.13. The van der Waals surface area contributed by atoms with Crippen LogP contribution in [-0.2, 0) is 0 Å². The standard InChI is InChI=1S/C8H13Br.C8H14.C2H2Br2.CH4/c9-7-6-8-4-2-1-3-5-8;1-2-8-6-4-3-5-7-8;3-1-2-4;/h6-8H,1-5H2;2,8H,1,3-7H2;1-2H;1H4/b7-6-;;;. The summed E-state index contributed by atoms with van der Waals surface area (Å²) >= 11 is 9.35. The third-order valence-electron chi connectivity index (χ3n) is 4.03. The van der Waals surface area contributed by atoms with Gasteiger partial charge in [-0.2, -0.15) is 0 Å². The SMILES string of the molecule is Br/C=C\C1CCCCC1.BrC=CBr.C.C=CC1CCCCC1. The van der Waals surface area contributed by atoms with Gasteiger partial charge in [0.15, 0.2) is 0 Å². The molecule has 0 nitrogen and oxygen atoms in total. The summed E-state index contributed by atoms with van der Waals surface area (Å²) < 4.78 is 0. The molecule has 0 atom stereocenters. The minimum Gasteiger partial charge on any atom is -0.103 e. The number of rotatable bonds is 2. The summed E-state index contributed by atoms with van der Waals surface area (Å²) in [5, 5.41) is 0. The molecule has 0 heterocycles. The van der Waals surface area contributed by atoms with Gasteiger partial charge in [-0.1, -0.05) is 106 Å². The fraction of sp³-hybridized carbons (Fsp3) is 0.684. The maximum atomic E-state index is 3.78. The second-order valence-corrected chi connectivity index (χ2v) is 7.19. The summed E-state index contributed by atoms with van der Waals surface area (Å²) in [4.78, 5) is 5.46. The van der Waals surface area contributed by atoms with Crippen LogP contribution in [0.15, 0.2) is 33.7 Å². The van der Waals surface area contributed by atoms with Crippen LogP contribution in [0.5, 0.6) is 0 Å². The molecule has 2 saturated carbocycles. The molecule has 0 unspecified atom stereocenters. The molecule has 0 radical (unpaired) electrons. The van der Waals surface area contributed by atoms with E-state index >= 15 is 0 Å². The van der Waals surface area contributed by atoms with Gasteiger partial charge >= 0.3 is 0 Å². The van der Waals surface area contributed by atoms with Crippen molar-refractivity contribution in [2.24, 2.45) is 11.8 Å². The molecule has 2 fully saturated rings. The lowest BCUT2D eigenvalue weighted by molar-refractivity contribution is 0.420. The van der Waals surface area contributed by atoms with Crippen molar-refractivity contribution in [2.75, 3.05) is 0 Å². The number of halogens is 3. The van der Waals surface area contributed by atoms with Crippen LogP contribution >= 0.6 is 47.8 Å². The van der Waals surface area contributed by atoms with Crippen LogP contribution in [0.4, 0.5) is 0 Å². The van der Waals surface area contributed by atoms with E-state index < -0.39 is 0 Å². The molecule has 2 aliphatic rings. The smallest absolute Gasteiger partial charge is 0.0120 e. The Morgan fingerprint density at radius 3 is 1.32 bits per heavy atom. The van der Waals surface area contributed by atoms with E-state index in [1.54, 1.807) is 9.97 Å². The molecular formula is C19H33Br3. The Bertz CT molecular complexity index is 268. The lowest BCUT2D eigenvalue weighted by atomic mass is 9.90. The van der Waals surface area contributed by atoms with Crippen molar-refractivity contribution in [3.63, 3.8) is 0 Å². The topological polar surface area (TPSA) is 0 Å². The van der Waals surface area contributed by atoms with Crippen LogP contribution in [0.25, 0.3) is 0 Å². The van der Waals surface area contributed by atoms with E-state index in [0.717, 1.165) is 11.8 Å². The minimum atomic E-state index is 0. The first-order valence-corrected chi connectivity index (χ1v) is 10.8. The van der Waals surface area contributed by atoms with Crippen LogP contribution in [0.2, 0.25) is 0 Å². The predicted octanol–water partition coefficient (Wildman–Crippen LogP) is 9.11. The van der Waals surface area contributed by atoms with Crippen molar-refractivity contribution >= 4 is 47.8 Å². The third kappa shape index (κ3) is 15.6. The Balaban J connectivity index is 0. The van der Waals surface area contributed by atoms with Gasteiger partial charge in [-0.15, -0.1) is 6.58 Å². The lowest BCUT2D eigenvalue weighted by Gasteiger charge is -2.16. The van der Waals surface area contributed by atoms with E-state index in [9.17, 15) is 0 Å². The van der Waals surface area contributed by atoms with Gasteiger partial charge in [0.2, 0.25) is 0 Å². The Kier molecular flexibility index (Phi) is 22.3. The normalized spacial score (nSPS) is 19.6. The van der Waals surface area contributed by atoms with Crippen LogP contribution in [-0.4, -0.2) is 0 Å². The fourth-order valence-electron chi connectivity index (χ4n) is 2.80. The lowest BCUT2D eigenvalue weighted by Crippen LogP contribution is -2.01. The molecule has 0 aromatic carbocycles. The molecule has 130 valence electrons. The van der Waals surface area contributed by atoms with Crippen molar-refractivity contribution in [3.8, 4) is 0 Å². The molecule has 0 aromatic heterocycles. The monoisotopic (exact) mass is 498 g/mol. The zero-order chi connectivity index (χ0) is 15.8. The first-order chi connectivity index (χ1) is 10.3. The van der Waals surface area contributed by atoms with E-state index in [4.69, 9.17) is 0 Å². The van der Waals surface area contributed by atoms with Gasteiger partial charge in [0, 0.05) is 0 Å². The molecule has 0 bridgehead atoms. The van der Waals surface area contributed by atoms with E-state index in [0.29, 0.717) is 0 Å². The third-order valence-corrected chi connectivity index (χ3v) is 5.57. The summed E-state index contributed by atoms with van der Waals surface area (Å²) in [6.07, 6.45) is 18.6. The van der Waals surface area contributed by atoms with Gasteiger partial charge in [0.05, 0.1) is 0 Å². The highest BCUT2D eigenvalue weighted by Gasteiger charge is 2.09. The molecular weight excluding hydrogens is 468 g/mol. The Labute approximate surface area is 164 Å². The molecule has 2 rings (SSSR count). The Morgan fingerprint density at radius 2 is 1.05 bits per heavy atom. The zero-order valence-corrected chi connectivity index (χ0v) is 17.7. The second-order valence-electron chi connectivity index (χ2n) is 5.60. The minimum absolute atomic E-state index is 0. The summed E-state index contributed by atoms with van der Waals surface area (Å²) in [6, 6.07) is 0. The maximum Gasteiger partial charge on any atom is -0.0120 e. The highest BCUT2D eigenvalue weighted by atomic mass is 79.9. The average molecular weight is 501 g/mol. The first kappa shape index (κ1) is 24.9. The van der Waals surface area contributed by atoms with Gasteiger partial charge < -0.3 is 0 Å². The van der Waals surface area contributed by atoms with E-state index in [1.807, 2.05) is 4.99 Å². The molecule has 0 aliphatic heterocycles. The van der Waals surface area contributed by atoms with Crippen LogP contribution < -0.4 is 0 Å². The van der Waals surface area contributed by atoms with Gasteiger partial charge in [0.25, 0.3) is 0 Å². The van der Waals surface area contributed by atoms with Gasteiger partial charge in [0.1, 0.15) is 0 Å². The van der Waals surface area contributed by atoms with Crippen molar-refractivity contribution < 1.29 is 0 Å². The fourth-order valence-corrected chi connectivity index (χ4v) is 3.23. The molecule has 0 aromatic rings. The van der Waals surface area contributed by atoms with Crippen molar-refractivity contribution in [1.29, 1.82) is 0 Å². The van der Waals surface area contributed by atoms with E-state index in [1.165, 1.54) is 64.2 Å². The van der Waals surface area contributed by atoms with Crippen molar-refractivity contribution in [1.82, 2.24) is 0 Å². The van der Waals surface area contributed by atoms with E-state index in [2.05, 4.69) is 66.5 Å². The Hall–Kier alpha value is 0.660. The van der Waals surface area contributed by atoms with Crippen LogP contribution in [0, 0.1) is 11.8 Å². The summed E-state index contributed by atoms with van der Waals surface area (Å²) in [5.74, 6) is 1.72. The number of allylic oxidation sites excluding steroid dienone is 2. The highest BCUT2D eigenvalue weighted by Crippen LogP contribution is 2.24. The number of hydrogen-bond donors (Lipinski definition) is 0. The second kappa shape index (κ2) is 19.7. The average Bonchev–Trinajstić information content (AvgIpc) is 2.58. The maximum absolute atomic E-state index is 3.78. The Morgan fingerprint density at radius 1 is 0.636 bits per heavy atom. The van der Waals surface area contributed by atoms with Gasteiger partial charge in [-0.3, -0.25) is 0 Å².